The fourth-order valence-corrected chi connectivity index (χ4v) is 2.01. The zero-order valence-corrected chi connectivity index (χ0v) is 11.9. The highest BCUT2D eigenvalue weighted by molar-refractivity contribution is 5.78. The Morgan fingerprint density at radius 2 is 2.21 bits per heavy atom. The van der Waals surface area contributed by atoms with Gasteiger partial charge in [-0.2, -0.15) is 10.4 Å². The number of aromatic nitrogens is 3. The number of pyridine rings is 1. The Labute approximate surface area is 113 Å². The van der Waals surface area contributed by atoms with Gasteiger partial charge in [-0.1, -0.05) is 0 Å². The zero-order valence-electron chi connectivity index (χ0n) is 11.9. The zero-order chi connectivity index (χ0) is 14.0. The van der Waals surface area contributed by atoms with Crippen molar-refractivity contribution in [2.75, 3.05) is 6.54 Å². The van der Waals surface area contributed by atoms with Crippen molar-refractivity contribution in [3.8, 4) is 6.07 Å². The summed E-state index contributed by atoms with van der Waals surface area (Å²) in [6.07, 6.45) is 1.86. The standard InChI is InChI=1S/C14H19N5/c1-10-12-5-11(6-16-9-14(2,3)8-15)7-17-13(12)19(4)18-10/h5,7,16H,6,9H2,1-4H3. The van der Waals surface area contributed by atoms with Crippen molar-refractivity contribution in [3.05, 3.63) is 23.5 Å². The minimum absolute atomic E-state index is 0.345. The molecule has 2 rings (SSSR count). The minimum Gasteiger partial charge on any atom is -0.311 e. The van der Waals surface area contributed by atoms with Crippen LogP contribution in [-0.4, -0.2) is 21.3 Å². The smallest absolute Gasteiger partial charge is 0.157 e. The van der Waals surface area contributed by atoms with Gasteiger partial charge in [0.2, 0.25) is 0 Å². The molecular formula is C14H19N5. The van der Waals surface area contributed by atoms with Crippen LogP contribution in [0.4, 0.5) is 0 Å². The molecule has 5 heteroatoms. The first-order chi connectivity index (χ1) is 8.93. The third-order valence-electron chi connectivity index (χ3n) is 3.12. The molecule has 2 aromatic heterocycles. The van der Waals surface area contributed by atoms with E-state index in [2.05, 4.69) is 27.5 Å². The lowest BCUT2D eigenvalue weighted by atomic mass is 9.96. The monoisotopic (exact) mass is 257 g/mol. The summed E-state index contributed by atoms with van der Waals surface area (Å²) in [7, 11) is 1.90. The van der Waals surface area contributed by atoms with Gasteiger partial charge in [0.15, 0.2) is 5.65 Å². The Morgan fingerprint density at radius 1 is 1.47 bits per heavy atom. The lowest BCUT2D eigenvalue weighted by molar-refractivity contribution is 0.445. The van der Waals surface area contributed by atoms with Crippen LogP contribution >= 0.6 is 0 Å². The Kier molecular flexibility index (Phi) is 3.54. The van der Waals surface area contributed by atoms with Crippen LogP contribution in [0.15, 0.2) is 12.3 Å². The molecule has 0 spiro atoms. The average molecular weight is 257 g/mol. The van der Waals surface area contributed by atoms with E-state index in [-0.39, 0.29) is 5.41 Å². The van der Waals surface area contributed by atoms with E-state index in [1.165, 1.54) is 0 Å². The molecule has 19 heavy (non-hydrogen) atoms. The van der Waals surface area contributed by atoms with Crippen molar-refractivity contribution in [2.24, 2.45) is 12.5 Å². The third-order valence-corrected chi connectivity index (χ3v) is 3.12. The van der Waals surface area contributed by atoms with Crippen LogP contribution in [-0.2, 0) is 13.6 Å². The predicted octanol–water partition coefficient (Wildman–Crippen LogP) is 1.92. The van der Waals surface area contributed by atoms with Crippen molar-refractivity contribution >= 4 is 11.0 Å². The Balaban J connectivity index is 2.10. The summed E-state index contributed by atoms with van der Waals surface area (Å²) in [4.78, 5) is 4.43. The number of nitrogens with one attached hydrogen (secondary N) is 1. The molecule has 5 nitrogen and oxygen atoms in total. The van der Waals surface area contributed by atoms with E-state index >= 15 is 0 Å². The van der Waals surface area contributed by atoms with Gasteiger partial charge < -0.3 is 5.32 Å². The summed E-state index contributed by atoms with van der Waals surface area (Å²) >= 11 is 0. The maximum absolute atomic E-state index is 8.96. The van der Waals surface area contributed by atoms with E-state index in [9.17, 15) is 0 Å². The van der Waals surface area contributed by atoms with Crippen molar-refractivity contribution < 1.29 is 0 Å². The summed E-state index contributed by atoms with van der Waals surface area (Å²) in [5.41, 5.74) is 2.65. The van der Waals surface area contributed by atoms with Gasteiger partial charge in [0, 0.05) is 31.7 Å². The molecule has 0 saturated carbocycles. The number of rotatable bonds is 4. The summed E-state index contributed by atoms with van der Waals surface area (Å²) in [5.74, 6) is 0. The molecular weight excluding hydrogens is 238 g/mol. The molecule has 0 saturated heterocycles. The van der Waals surface area contributed by atoms with E-state index in [1.54, 1.807) is 4.68 Å². The molecule has 0 aliphatic heterocycles. The first-order valence-electron chi connectivity index (χ1n) is 6.33. The lowest BCUT2D eigenvalue weighted by Gasteiger charge is -2.15. The lowest BCUT2D eigenvalue weighted by Crippen LogP contribution is -2.27. The molecule has 100 valence electrons. The maximum Gasteiger partial charge on any atom is 0.157 e. The molecule has 0 aromatic carbocycles. The summed E-state index contributed by atoms with van der Waals surface area (Å²) < 4.78 is 1.79. The van der Waals surface area contributed by atoms with Gasteiger partial charge in [0.1, 0.15) is 0 Å². The summed E-state index contributed by atoms with van der Waals surface area (Å²) in [5, 5.41) is 17.7. The highest BCUT2D eigenvalue weighted by atomic mass is 15.3. The molecule has 0 aliphatic carbocycles. The van der Waals surface area contributed by atoms with Crippen LogP contribution in [0.5, 0.6) is 0 Å². The number of nitrogens with zero attached hydrogens (tertiary/aromatic N) is 4. The maximum atomic E-state index is 8.96. The molecule has 0 radical (unpaired) electrons. The summed E-state index contributed by atoms with van der Waals surface area (Å²) in [6, 6.07) is 4.39. The van der Waals surface area contributed by atoms with Crippen LogP contribution in [0.3, 0.4) is 0 Å². The van der Waals surface area contributed by atoms with Gasteiger partial charge in [-0.25, -0.2) is 4.98 Å². The van der Waals surface area contributed by atoms with Crippen LogP contribution < -0.4 is 5.32 Å². The number of hydrogen-bond acceptors (Lipinski definition) is 4. The van der Waals surface area contributed by atoms with E-state index in [0.717, 1.165) is 22.3 Å². The SMILES string of the molecule is Cc1nn(C)c2ncc(CNCC(C)(C)C#N)cc12. The average Bonchev–Trinajstić information content (AvgIpc) is 2.65. The fourth-order valence-electron chi connectivity index (χ4n) is 2.01. The topological polar surface area (TPSA) is 66.5 Å². The highest BCUT2D eigenvalue weighted by Gasteiger charge is 2.15. The van der Waals surface area contributed by atoms with Gasteiger partial charge >= 0.3 is 0 Å². The minimum atomic E-state index is -0.345. The van der Waals surface area contributed by atoms with Crippen LogP contribution in [0.25, 0.3) is 11.0 Å². The fraction of sp³-hybridized carbons (Fsp3) is 0.500. The van der Waals surface area contributed by atoms with Crippen LogP contribution in [0.1, 0.15) is 25.1 Å². The second-order valence-electron chi connectivity index (χ2n) is 5.52. The third kappa shape index (κ3) is 2.91. The van der Waals surface area contributed by atoms with Crippen molar-refractivity contribution in [1.82, 2.24) is 20.1 Å². The van der Waals surface area contributed by atoms with E-state index in [4.69, 9.17) is 5.26 Å². The molecule has 2 aromatic rings. The molecule has 2 heterocycles. The van der Waals surface area contributed by atoms with Gasteiger partial charge in [-0.15, -0.1) is 0 Å². The van der Waals surface area contributed by atoms with Crippen molar-refractivity contribution in [1.29, 1.82) is 5.26 Å². The highest BCUT2D eigenvalue weighted by Crippen LogP contribution is 2.17. The predicted molar refractivity (Wildman–Crippen MR) is 74.3 cm³/mol. The van der Waals surface area contributed by atoms with Crippen LogP contribution in [0, 0.1) is 23.7 Å². The first kappa shape index (κ1) is 13.5. The molecule has 0 bridgehead atoms. The molecule has 0 fully saturated rings. The number of fused-ring (bicyclic) bond motifs is 1. The molecule has 0 atom stereocenters. The van der Waals surface area contributed by atoms with Crippen LogP contribution in [0.2, 0.25) is 0 Å². The van der Waals surface area contributed by atoms with Gasteiger partial charge in [-0.05, 0) is 32.4 Å². The normalized spacial score (nSPS) is 11.7. The Bertz CT molecular complexity index is 633. The number of hydrogen-bond donors (Lipinski definition) is 1. The van der Waals surface area contributed by atoms with Crippen molar-refractivity contribution in [2.45, 2.75) is 27.3 Å². The Morgan fingerprint density at radius 3 is 2.89 bits per heavy atom. The van der Waals surface area contributed by atoms with E-state index in [1.807, 2.05) is 34.0 Å². The van der Waals surface area contributed by atoms with Gasteiger partial charge in [0.25, 0.3) is 0 Å². The van der Waals surface area contributed by atoms with E-state index in [0.29, 0.717) is 13.1 Å². The molecule has 0 aliphatic rings. The summed E-state index contributed by atoms with van der Waals surface area (Å²) in [6.45, 7) is 7.20. The first-order valence-corrected chi connectivity index (χ1v) is 6.33. The quantitative estimate of drug-likeness (QED) is 0.908. The molecule has 0 amide bonds. The van der Waals surface area contributed by atoms with Gasteiger partial charge in [-0.3, -0.25) is 4.68 Å². The molecule has 1 N–H and O–H groups in total. The van der Waals surface area contributed by atoms with Gasteiger partial charge in [0.05, 0.1) is 17.2 Å². The van der Waals surface area contributed by atoms with Crippen molar-refractivity contribution in [3.63, 3.8) is 0 Å². The van der Waals surface area contributed by atoms with E-state index < -0.39 is 0 Å². The second kappa shape index (κ2) is 4.98. The Hall–Kier alpha value is -1.93. The second-order valence-corrected chi connectivity index (χ2v) is 5.52. The number of nitriles is 1. The number of aryl methyl sites for hydroxylation is 2. The molecule has 0 unspecified atom stereocenters. The largest absolute Gasteiger partial charge is 0.311 e.